The van der Waals surface area contributed by atoms with Gasteiger partial charge in [-0.3, -0.25) is 9.59 Å². The monoisotopic (exact) mass is 179 g/mol. The summed E-state index contributed by atoms with van der Waals surface area (Å²) in [5.41, 5.74) is 0.838. The number of aromatic amines is 1. The third-order valence-electron chi connectivity index (χ3n) is 2.19. The van der Waals surface area contributed by atoms with Crippen molar-refractivity contribution >= 4 is 11.6 Å². The van der Waals surface area contributed by atoms with Crippen LogP contribution in [0.4, 0.5) is 5.69 Å². The van der Waals surface area contributed by atoms with Crippen molar-refractivity contribution < 1.29 is 4.79 Å². The minimum Gasteiger partial charge on any atom is -0.311 e. The number of amides is 1. The molecule has 2 rings (SSSR count). The first kappa shape index (κ1) is 7.97. The van der Waals surface area contributed by atoms with Crippen LogP contribution in [0.1, 0.15) is 12.1 Å². The van der Waals surface area contributed by atoms with Crippen LogP contribution < -0.4 is 10.5 Å². The minimum atomic E-state index is -0.249. The number of carbonyl (C=O) groups is 1. The molecule has 1 aromatic rings. The van der Waals surface area contributed by atoms with Crippen molar-refractivity contribution in [3.63, 3.8) is 0 Å². The number of H-pyrrole nitrogens is 1. The maximum atomic E-state index is 11.3. The molecular formula is C8H9N3O2. The lowest BCUT2D eigenvalue weighted by Gasteiger charge is -2.22. The highest BCUT2D eigenvalue weighted by Gasteiger charge is 2.24. The second kappa shape index (κ2) is 2.69. The number of nitrogens with one attached hydrogen (secondary N) is 1. The van der Waals surface area contributed by atoms with E-state index in [9.17, 15) is 9.59 Å². The second-order valence-corrected chi connectivity index (χ2v) is 2.98. The van der Waals surface area contributed by atoms with E-state index in [4.69, 9.17) is 0 Å². The van der Waals surface area contributed by atoms with Crippen LogP contribution in [0.15, 0.2) is 11.1 Å². The standard InChI is InChI=1S/C8H9N3O2/c1-11-6(12)3-2-5-7(11)8(13)10-4-9-5/h4H,2-3H2,1H3,(H,9,10,13). The summed E-state index contributed by atoms with van der Waals surface area (Å²) >= 11 is 0. The van der Waals surface area contributed by atoms with Crippen LogP contribution in [0.25, 0.3) is 0 Å². The van der Waals surface area contributed by atoms with Crippen molar-refractivity contribution in [1.82, 2.24) is 9.97 Å². The van der Waals surface area contributed by atoms with Crippen molar-refractivity contribution in [2.75, 3.05) is 11.9 Å². The third-order valence-corrected chi connectivity index (χ3v) is 2.19. The van der Waals surface area contributed by atoms with Crippen molar-refractivity contribution in [2.24, 2.45) is 0 Å². The molecule has 1 N–H and O–H groups in total. The zero-order valence-corrected chi connectivity index (χ0v) is 7.20. The molecule has 5 nitrogen and oxygen atoms in total. The zero-order valence-electron chi connectivity index (χ0n) is 7.20. The Balaban J connectivity index is 2.64. The Labute approximate surface area is 74.4 Å². The molecule has 2 heterocycles. The molecule has 0 fully saturated rings. The number of hydrogen-bond acceptors (Lipinski definition) is 3. The zero-order chi connectivity index (χ0) is 9.42. The predicted octanol–water partition coefficient (Wildman–Crippen LogP) is -0.321. The number of anilines is 1. The van der Waals surface area contributed by atoms with E-state index in [1.807, 2.05) is 0 Å². The Morgan fingerprint density at radius 1 is 1.46 bits per heavy atom. The number of hydrogen-bond donors (Lipinski definition) is 1. The van der Waals surface area contributed by atoms with E-state index in [-0.39, 0.29) is 11.5 Å². The first-order chi connectivity index (χ1) is 6.20. The molecule has 68 valence electrons. The van der Waals surface area contributed by atoms with Gasteiger partial charge in [0.2, 0.25) is 5.91 Å². The van der Waals surface area contributed by atoms with Crippen LogP contribution in [0.5, 0.6) is 0 Å². The molecule has 0 spiro atoms. The minimum absolute atomic E-state index is 0.0361. The van der Waals surface area contributed by atoms with Crippen LogP contribution in [0.3, 0.4) is 0 Å². The van der Waals surface area contributed by atoms with E-state index in [1.54, 1.807) is 7.05 Å². The molecule has 0 aromatic carbocycles. The lowest BCUT2D eigenvalue weighted by Crippen LogP contribution is -2.36. The Morgan fingerprint density at radius 3 is 3.00 bits per heavy atom. The third kappa shape index (κ3) is 1.12. The molecule has 0 bridgehead atoms. The van der Waals surface area contributed by atoms with Crippen molar-refractivity contribution in [3.8, 4) is 0 Å². The van der Waals surface area contributed by atoms with Gasteiger partial charge in [-0.1, -0.05) is 0 Å². The van der Waals surface area contributed by atoms with Gasteiger partial charge in [-0.15, -0.1) is 0 Å². The largest absolute Gasteiger partial charge is 0.311 e. The van der Waals surface area contributed by atoms with E-state index in [0.29, 0.717) is 24.2 Å². The molecule has 0 saturated heterocycles. The Morgan fingerprint density at radius 2 is 2.23 bits per heavy atom. The number of aromatic nitrogens is 2. The second-order valence-electron chi connectivity index (χ2n) is 2.98. The number of nitrogens with zero attached hydrogens (tertiary/aromatic N) is 2. The van der Waals surface area contributed by atoms with Crippen LogP contribution >= 0.6 is 0 Å². The fourth-order valence-corrected chi connectivity index (χ4v) is 1.48. The first-order valence-electron chi connectivity index (χ1n) is 4.03. The molecule has 0 atom stereocenters. The average Bonchev–Trinajstić information content (AvgIpc) is 2.12. The van der Waals surface area contributed by atoms with E-state index in [0.717, 1.165) is 0 Å². The summed E-state index contributed by atoms with van der Waals surface area (Å²) < 4.78 is 0. The van der Waals surface area contributed by atoms with Gasteiger partial charge in [0, 0.05) is 19.9 Å². The summed E-state index contributed by atoms with van der Waals surface area (Å²) in [6.45, 7) is 0. The Bertz CT molecular complexity index is 410. The summed E-state index contributed by atoms with van der Waals surface area (Å²) in [4.78, 5) is 30.4. The number of rotatable bonds is 0. The Hall–Kier alpha value is -1.65. The van der Waals surface area contributed by atoms with Crippen molar-refractivity contribution in [2.45, 2.75) is 12.8 Å². The number of carbonyl (C=O) groups excluding carboxylic acids is 1. The molecule has 13 heavy (non-hydrogen) atoms. The van der Waals surface area contributed by atoms with Crippen LogP contribution in [-0.4, -0.2) is 22.9 Å². The molecule has 5 heteroatoms. The molecule has 1 aliphatic rings. The Kier molecular flexibility index (Phi) is 1.65. The van der Waals surface area contributed by atoms with Gasteiger partial charge in [0.05, 0.1) is 12.0 Å². The number of fused-ring (bicyclic) bond motifs is 1. The van der Waals surface area contributed by atoms with Crippen LogP contribution in [0.2, 0.25) is 0 Å². The van der Waals surface area contributed by atoms with E-state index < -0.39 is 0 Å². The van der Waals surface area contributed by atoms with Crippen molar-refractivity contribution in [3.05, 3.63) is 22.4 Å². The first-order valence-corrected chi connectivity index (χ1v) is 4.03. The average molecular weight is 179 g/mol. The molecular weight excluding hydrogens is 170 g/mol. The molecule has 0 aliphatic carbocycles. The van der Waals surface area contributed by atoms with Gasteiger partial charge in [0.25, 0.3) is 5.56 Å². The van der Waals surface area contributed by atoms with E-state index in [2.05, 4.69) is 9.97 Å². The molecule has 0 saturated carbocycles. The SMILES string of the molecule is CN1C(=O)CCc2nc[nH]c(=O)c21. The topological polar surface area (TPSA) is 66.1 Å². The highest BCUT2D eigenvalue weighted by molar-refractivity contribution is 5.95. The normalized spacial score (nSPS) is 15.8. The van der Waals surface area contributed by atoms with Gasteiger partial charge in [-0.2, -0.15) is 0 Å². The van der Waals surface area contributed by atoms with Crippen LogP contribution in [0, 0.1) is 0 Å². The lowest BCUT2D eigenvalue weighted by atomic mass is 10.1. The van der Waals surface area contributed by atoms with Crippen molar-refractivity contribution in [1.29, 1.82) is 0 Å². The molecule has 1 aromatic heterocycles. The summed E-state index contributed by atoms with van der Waals surface area (Å²) in [7, 11) is 1.59. The van der Waals surface area contributed by atoms with Gasteiger partial charge >= 0.3 is 0 Å². The van der Waals surface area contributed by atoms with Gasteiger partial charge in [-0.05, 0) is 0 Å². The molecule has 0 radical (unpaired) electrons. The summed E-state index contributed by atoms with van der Waals surface area (Å²) in [5, 5.41) is 0. The fourth-order valence-electron chi connectivity index (χ4n) is 1.48. The molecule has 0 unspecified atom stereocenters. The molecule has 1 amide bonds. The summed E-state index contributed by atoms with van der Waals surface area (Å²) in [6, 6.07) is 0. The van der Waals surface area contributed by atoms with E-state index in [1.165, 1.54) is 11.2 Å². The maximum Gasteiger partial charge on any atom is 0.274 e. The predicted molar refractivity (Wildman–Crippen MR) is 46.6 cm³/mol. The smallest absolute Gasteiger partial charge is 0.274 e. The van der Waals surface area contributed by atoms with Crippen LogP contribution in [-0.2, 0) is 11.2 Å². The lowest BCUT2D eigenvalue weighted by molar-refractivity contribution is -0.118. The number of aryl methyl sites for hydroxylation is 1. The van der Waals surface area contributed by atoms with Gasteiger partial charge in [-0.25, -0.2) is 4.98 Å². The van der Waals surface area contributed by atoms with E-state index >= 15 is 0 Å². The van der Waals surface area contributed by atoms with Gasteiger partial charge in [0.1, 0.15) is 5.69 Å². The van der Waals surface area contributed by atoms with Gasteiger partial charge in [0.15, 0.2) is 0 Å². The fraction of sp³-hybridized carbons (Fsp3) is 0.375. The maximum absolute atomic E-state index is 11.3. The summed E-state index contributed by atoms with van der Waals surface area (Å²) in [5.74, 6) is -0.0361. The highest BCUT2D eigenvalue weighted by atomic mass is 16.2. The molecule has 1 aliphatic heterocycles. The van der Waals surface area contributed by atoms with Gasteiger partial charge < -0.3 is 9.88 Å². The highest BCUT2D eigenvalue weighted by Crippen LogP contribution is 2.19. The summed E-state index contributed by atoms with van der Waals surface area (Å²) in [6.07, 6.45) is 2.35. The quantitative estimate of drug-likeness (QED) is 0.593.